The van der Waals surface area contributed by atoms with E-state index in [0.29, 0.717) is 17.1 Å². The fourth-order valence-corrected chi connectivity index (χ4v) is 1.91. The highest BCUT2D eigenvalue weighted by molar-refractivity contribution is 5.62. The zero-order valence-electron chi connectivity index (χ0n) is 9.89. The van der Waals surface area contributed by atoms with Crippen molar-refractivity contribution in [2.75, 3.05) is 0 Å². The van der Waals surface area contributed by atoms with Crippen LogP contribution in [0, 0.1) is 15.9 Å². The van der Waals surface area contributed by atoms with E-state index in [1.54, 1.807) is 6.20 Å². The van der Waals surface area contributed by atoms with Crippen molar-refractivity contribution >= 4 is 5.69 Å². The third kappa shape index (κ3) is 1.97. The fraction of sp³-hybridized carbons (Fsp3) is 0.250. The van der Waals surface area contributed by atoms with Crippen molar-refractivity contribution in [3.63, 3.8) is 0 Å². The average molecular weight is 262 g/mol. The molecular formula is C12H11FN4O2. The van der Waals surface area contributed by atoms with Crippen LogP contribution in [0.15, 0.2) is 24.4 Å². The van der Waals surface area contributed by atoms with Crippen molar-refractivity contribution in [2.45, 2.75) is 18.4 Å². The molecule has 2 aromatic rings. The largest absolute Gasteiger partial charge is 0.340 e. The van der Waals surface area contributed by atoms with Crippen LogP contribution in [0.2, 0.25) is 0 Å². The molecule has 3 rings (SSSR count). The molecule has 0 spiro atoms. The molecule has 0 unspecified atom stereocenters. The van der Waals surface area contributed by atoms with Gasteiger partial charge in [0, 0.05) is 11.6 Å². The Bertz CT molecular complexity index is 663. The predicted molar refractivity (Wildman–Crippen MR) is 65.7 cm³/mol. The lowest BCUT2D eigenvalue weighted by molar-refractivity contribution is -0.387. The molecule has 0 amide bonds. The standard InChI is InChI=1S/C12H11FN4O2/c13-8-2-1-7(5-10(8)17(18)19)9-6-15-11(16-9)12(14)3-4-12/h1-2,5-6H,3-4,14H2,(H,15,16). The second kappa shape index (κ2) is 3.86. The van der Waals surface area contributed by atoms with Gasteiger partial charge >= 0.3 is 5.69 Å². The molecule has 98 valence electrons. The molecule has 0 aliphatic heterocycles. The number of nitrogens with two attached hydrogens (primary N) is 1. The van der Waals surface area contributed by atoms with Crippen molar-refractivity contribution in [1.82, 2.24) is 9.97 Å². The SMILES string of the molecule is NC1(c2ncc(-c3ccc(F)c([N+](=O)[O-])c3)[nH]2)CC1. The van der Waals surface area contributed by atoms with Gasteiger partial charge in [-0.3, -0.25) is 10.1 Å². The summed E-state index contributed by atoms with van der Waals surface area (Å²) in [7, 11) is 0. The lowest BCUT2D eigenvalue weighted by Gasteiger charge is -2.03. The monoisotopic (exact) mass is 262 g/mol. The molecule has 0 bridgehead atoms. The number of nitrogens with one attached hydrogen (secondary N) is 1. The molecule has 0 saturated heterocycles. The Labute approximate surface area is 107 Å². The van der Waals surface area contributed by atoms with Crippen molar-refractivity contribution in [2.24, 2.45) is 5.73 Å². The molecule has 1 fully saturated rings. The summed E-state index contributed by atoms with van der Waals surface area (Å²) in [6.07, 6.45) is 3.28. The minimum atomic E-state index is -0.856. The van der Waals surface area contributed by atoms with Crippen LogP contribution < -0.4 is 5.73 Å². The van der Waals surface area contributed by atoms with Gasteiger partial charge < -0.3 is 10.7 Å². The van der Waals surface area contributed by atoms with Crippen LogP contribution in [-0.4, -0.2) is 14.9 Å². The number of imidazole rings is 1. The molecule has 19 heavy (non-hydrogen) atoms. The fourth-order valence-electron chi connectivity index (χ4n) is 1.91. The van der Waals surface area contributed by atoms with Crippen molar-refractivity contribution in [1.29, 1.82) is 0 Å². The maximum absolute atomic E-state index is 13.3. The van der Waals surface area contributed by atoms with Crippen LogP contribution in [-0.2, 0) is 5.54 Å². The summed E-state index contributed by atoms with van der Waals surface area (Å²) in [5.74, 6) is -0.194. The summed E-state index contributed by atoms with van der Waals surface area (Å²) in [6.45, 7) is 0. The minimum Gasteiger partial charge on any atom is -0.340 e. The summed E-state index contributed by atoms with van der Waals surface area (Å²) < 4.78 is 13.3. The van der Waals surface area contributed by atoms with Gasteiger partial charge in [-0.2, -0.15) is 4.39 Å². The van der Waals surface area contributed by atoms with Gasteiger partial charge in [0.1, 0.15) is 5.82 Å². The highest BCUT2D eigenvalue weighted by atomic mass is 19.1. The molecule has 3 N–H and O–H groups in total. The van der Waals surface area contributed by atoms with Gasteiger partial charge in [-0.05, 0) is 25.0 Å². The lowest BCUT2D eigenvalue weighted by Crippen LogP contribution is -2.20. The Kier molecular flexibility index (Phi) is 2.39. The maximum Gasteiger partial charge on any atom is 0.305 e. The number of nitrogens with zero attached hydrogens (tertiary/aromatic N) is 2. The molecule has 1 aromatic heterocycles. The van der Waals surface area contributed by atoms with E-state index in [1.807, 2.05) is 0 Å². The van der Waals surface area contributed by atoms with Crippen LogP contribution in [0.4, 0.5) is 10.1 Å². The van der Waals surface area contributed by atoms with Crippen LogP contribution in [0.1, 0.15) is 18.7 Å². The van der Waals surface area contributed by atoms with E-state index in [9.17, 15) is 14.5 Å². The molecule has 6 nitrogen and oxygen atoms in total. The number of hydrogen-bond donors (Lipinski definition) is 2. The highest BCUT2D eigenvalue weighted by Gasteiger charge is 2.42. The Morgan fingerprint density at radius 3 is 2.84 bits per heavy atom. The van der Waals surface area contributed by atoms with Crippen molar-refractivity contribution in [3.8, 4) is 11.3 Å². The molecular weight excluding hydrogens is 251 g/mol. The van der Waals surface area contributed by atoms with Gasteiger partial charge in [0.25, 0.3) is 0 Å². The van der Waals surface area contributed by atoms with Crippen LogP contribution in [0.3, 0.4) is 0 Å². The van der Waals surface area contributed by atoms with E-state index in [1.165, 1.54) is 12.1 Å². The quantitative estimate of drug-likeness (QED) is 0.653. The van der Waals surface area contributed by atoms with Crippen LogP contribution in [0.25, 0.3) is 11.3 Å². The topological polar surface area (TPSA) is 97.8 Å². The summed E-state index contributed by atoms with van der Waals surface area (Å²) >= 11 is 0. The second-order valence-electron chi connectivity index (χ2n) is 4.72. The van der Waals surface area contributed by atoms with Gasteiger partial charge in [0.15, 0.2) is 0 Å². The zero-order valence-corrected chi connectivity index (χ0v) is 9.89. The summed E-state index contributed by atoms with van der Waals surface area (Å²) in [6, 6.07) is 3.72. The van der Waals surface area contributed by atoms with Gasteiger partial charge in [-0.15, -0.1) is 0 Å². The first kappa shape index (κ1) is 11.8. The third-order valence-corrected chi connectivity index (χ3v) is 3.29. The van der Waals surface area contributed by atoms with E-state index < -0.39 is 22.0 Å². The van der Waals surface area contributed by atoms with E-state index in [0.717, 1.165) is 18.9 Å². The minimum absolute atomic E-state index is 0.399. The number of rotatable bonds is 3. The highest BCUT2D eigenvalue weighted by Crippen LogP contribution is 2.41. The molecule has 1 aliphatic carbocycles. The summed E-state index contributed by atoms with van der Waals surface area (Å²) in [5, 5.41) is 10.7. The van der Waals surface area contributed by atoms with Gasteiger partial charge in [-0.1, -0.05) is 0 Å². The smallest absolute Gasteiger partial charge is 0.305 e. The number of H-pyrrole nitrogens is 1. The predicted octanol–water partition coefficient (Wildman–Crippen LogP) is 2.07. The number of nitro groups is 1. The van der Waals surface area contributed by atoms with Crippen LogP contribution in [0.5, 0.6) is 0 Å². The molecule has 0 radical (unpaired) electrons. The second-order valence-corrected chi connectivity index (χ2v) is 4.72. The molecule has 1 saturated carbocycles. The summed E-state index contributed by atoms with van der Waals surface area (Å²) in [4.78, 5) is 17.2. The number of aromatic nitrogens is 2. The number of nitro benzene ring substituents is 1. The number of aromatic amines is 1. The molecule has 1 aromatic carbocycles. The van der Waals surface area contributed by atoms with Crippen molar-refractivity contribution < 1.29 is 9.31 Å². The average Bonchev–Trinajstić information content (AvgIpc) is 2.93. The first-order valence-corrected chi connectivity index (χ1v) is 5.78. The third-order valence-electron chi connectivity index (χ3n) is 3.29. The zero-order chi connectivity index (χ0) is 13.6. The van der Waals surface area contributed by atoms with E-state index in [-0.39, 0.29) is 0 Å². The number of benzene rings is 1. The maximum atomic E-state index is 13.3. The van der Waals surface area contributed by atoms with E-state index in [2.05, 4.69) is 9.97 Å². The van der Waals surface area contributed by atoms with Gasteiger partial charge in [0.2, 0.25) is 5.82 Å². The molecule has 1 aliphatic rings. The molecule has 1 heterocycles. The molecule has 0 atom stereocenters. The van der Waals surface area contributed by atoms with Gasteiger partial charge in [0.05, 0.1) is 22.4 Å². The molecule has 7 heteroatoms. The Morgan fingerprint density at radius 1 is 1.47 bits per heavy atom. The van der Waals surface area contributed by atoms with Gasteiger partial charge in [-0.25, -0.2) is 4.98 Å². The number of halogens is 1. The normalized spacial score (nSPS) is 16.3. The Balaban J connectivity index is 2.00. The Morgan fingerprint density at radius 2 is 2.21 bits per heavy atom. The van der Waals surface area contributed by atoms with Crippen molar-refractivity contribution in [3.05, 3.63) is 46.2 Å². The first-order chi connectivity index (χ1) is 8.99. The van der Waals surface area contributed by atoms with E-state index in [4.69, 9.17) is 5.73 Å². The Hall–Kier alpha value is -2.28. The lowest BCUT2D eigenvalue weighted by atomic mass is 10.1. The first-order valence-electron chi connectivity index (χ1n) is 5.78. The van der Waals surface area contributed by atoms with Crippen LogP contribution >= 0.6 is 0 Å². The number of hydrogen-bond acceptors (Lipinski definition) is 4. The van der Waals surface area contributed by atoms with E-state index >= 15 is 0 Å². The summed E-state index contributed by atoms with van der Waals surface area (Å²) in [5.41, 5.74) is 6.15.